The molecule has 0 aliphatic rings. The third-order valence-corrected chi connectivity index (χ3v) is 4.48. The third-order valence-electron chi connectivity index (χ3n) is 4.16. The van der Waals surface area contributed by atoms with Crippen molar-refractivity contribution in [2.75, 3.05) is 7.05 Å². The predicted molar refractivity (Wildman–Crippen MR) is 101 cm³/mol. The number of aromatic nitrogens is 2. The molecule has 3 rings (SSSR count). The molecule has 1 aromatic heterocycles. The van der Waals surface area contributed by atoms with Gasteiger partial charge < -0.3 is 9.64 Å². The van der Waals surface area contributed by atoms with Crippen LogP contribution in [0, 0.1) is 5.82 Å². The van der Waals surface area contributed by atoms with Crippen molar-refractivity contribution in [3.8, 4) is 5.75 Å². The molecule has 0 N–H and O–H groups in total. The number of hydrogen-bond donors (Lipinski definition) is 0. The van der Waals surface area contributed by atoms with Crippen LogP contribution in [0.15, 0.2) is 54.7 Å². The average molecular weight is 388 g/mol. The van der Waals surface area contributed by atoms with Crippen molar-refractivity contribution < 1.29 is 13.9 Å². The Labute approximate surface area is 161 Å². The molecule has 5 nitrogen and oxygen atoms in total. The van der Waals surface area contributed by atoms with Gasteiger partial charge in [0.2, 0.25) is 0 Å². The van der Waals surface area contributed by atoms with E-state index in [4.69, 9.17) is 16.3 Å². The van der Waals surface area contributed by atoms with E-state index >= 15 is 0 Å². The molecule has 0 spiro atoms. The lowest BCUT2D eigenvalue weighted by Crippen LogP contribution is -2.27. The second-order valence-electron chi connectivity index (χ2n) is 6.16. The molecule has 3 aromatic rings. The van der Waals surface area contributed by atoms with Crippen LogP contribution < -0.4 is 4.74 Å². The highest BCUT2D eigenvalue weighted by Crippen LogP contribution is 2.18. The lowest BCUT2D eigenvalue weighted by Gasteiger charge is -2.18. The summed E-state index contributed by atoms with van der Waals surface area (Å²) in [7, 11) is 3.51. The molecule has 140 valence electrons. The van der Waals surface area contributed by atoms with E-state index in [2.05, 4.69) is 5.10 Å². The summed E-state index contributed by atoms with van der Waals surface area (Å²) in [6, 6.07) is 13.0. The molecule has 7 heteroatoms. The van der Waals surface area contributed by atoms with Gasteiger partial charge in [-0.3, -0.25) is 9.48 Å². The van der Waals surface area contributed by atoms with Gasteiger partial charge in [-0.15, -0.1) is 0 Å². The number of amides is 1. The third kappa shape index (κ3) is 4.65. The molecule has 2 aromatic carbocycles. The molecule has 1 amide bonds. The lowest BCUT2D eigenvalue weighted by atomic mass is 10.1. The molecule has 0 aliphatic heterocycles. The second kappa shape index (κ2) is 8.22. The Morgan fingerprint density at radius 3 is 2.44 bits per heavy atom. The zero-order valence-corrected chi connectivity index (χ0v) is 15.8. The van der Waals surface area contributed by atoms with Crippen molar-refractivity contribution in [2.24, 2.45) is 7.05 Å². The van der Waals surface area contributed by atoms with Crippen LogP contribution in [0.4, 0.5) is 4.39 Å². The molecule has 0 bridgehead atoms. The largest absolute Gasteiger partial charge is 0.489 e. The van der Waals surface area contributed by atoms with Gasteiger partial charge in [-0.1, -0.05) is 23.7 Å². The molecule has 0 aliphatic carbocycles. The van der Waals surface area contributed by atoms with Gasteiger partial charge >= 0.3 is 0 Å². The standard InChI is InChI=1S/C20H19ClFN3O2/c1-24(12-19-18(21)11-23-25(19)2)20(26)15-5-3-14(4-6-15)13-27-17-9-7-16(22)8-10-17/h3-11H,12-13H2,1-2H3. The fourth-order valence-corrected chi connectivity index (χ4v) is 2.80. The predicted octanol–water partition coefficient (Wildman–Crippen LogP) is 4.06. The zero-order chi connectivity index (χ0) is 19.4. The van der Waals surface area contributed by atoms with Gasteiger partial charge in [0.05, 0.1) is 23.5 Å². The Kier molecular flexibility index (Phi) is 5.76. The maximum Gasteiger partial charge on any atom is 0.253 e. The van der Waals surface area contributed by atoms with Crippen LogP contribution in [0.2, 0.25) is 5.02 Å². The van der Waals surface area contributed by atoms with Crippen LogP contribution >= 0.6 is 11.6 Å². The molecule has 0 fully saturated rings. The Bertz CT molecular complexity index is 904. The topological polar surface area (TPSA) is 47.4 Å². The first kappa shape index (κ1) is 18.9. The Hall–Kier alpha value is -2.86. The van der Waals surface area contributed by atoms with E-state index in [1.807, 2.05) is 12.1 Å². The minimum absolute atomic E-state index is 0.113. The maximum absolute atomic E-state index is 12.9. The number of benzene rings is 2. The molecule has 0 radical (unpaired) electrons. The summed E-state index contributed by atoms with van der Waals surface area (Å²) in [5.41, 5.74) is 2.26. The van der Waals surface area contributed by atoms with E-state index in [1.165, 1.54) is 12.1 Å². The summed E-state index contributed by atoms with van der Waals surface area (Å²) in [6.07, 6.45) is 1.56. The van der Waals surface area contributed by atoms with Crippen molar-refractivity contribution >= 4 is 17.5 Å². The molecule has 27 heavy (non-hydrogen) atoms. The Morgan fingerprint density at radius 2 is 1.85 bits per heavy atom. The highest BCUT2D eigenvalue weighted by molar-refractivity contribution is 6.31. The van der Waals surface area contributed by atoms with Crippen LogP contribution in [-0.2, 0) is 20.2 Å². The number of carbonyl (C=O) groups excluding carboxylic acids is 1. The van der Waals surface area contributed by atoms with Crippen LogP contribution in [-0.4, -0.2) is 27.6 Å². The molecule has 0 atom stereocenters. The molecule has 1 heterocycles. The van der Waals surface area contributed by atoms with E-state index < -0.39 is 0 Å². The Morgan fingerprint density at radius 1 is 1.19 bits per heavy atom. The molecule has 0 saturated heterocycles. The van der Waals surface area contributed by atoms with Crippen molar-refractivity contribution in [3.63, 3.8) is 0 Å². The van der Waals surface area contributed by atoms with Gasteiger partial charge in [0.1, 0.15) is 18.2 Å². The number of aryl methyl sites for hydroxylation is 1. The van der Waals surface area contributed by atoms with Crippen LogP contribution in [0.1, 0.15) is 21.6 Å². The zero-order valence-electron chi connectivity index (χ0n) is 15.0. The molecule has 0 unspecified atom stereocenters. The van der Waals surface area contributed by atoms with E-state index in [1.54, 1.807) is 54.1 Å². The summed E-state index contributed by atoms with van der Waals surface area (Å²) in [6.45, 7) is 0.699. The van der Waals surface area contributed by atoms with Crippen molar-refractivity contribution in [3.05, 3.63) is 82.4 Å². The van der Waals surface area contributed by atoms with E-state index in [0.717, 1.165) is 11.3 Å². The van der Waals surface area contributed by atoms with Gasteiger partial charge in [0.25, 0.3) is 5.91 Å². The summed E-state index contributed by atoms with van der Waals surface area (Å²) in [5, 5.41) is 4.61. The number of carbonyl (C=O) groups is 1. The van der Waals surface area contributed by atoms with E-state index in [0.29, 0.717) is 29.5 Å². The van der Waals surface area contributed by atoms with Crippen LogP contribution in [0.5, 0.6) is 5.75 Å². The first-order valence-corrected chi connectivity index (χ1v) is 8.71. The normalized spacial score (nSPS) is 10.7. The maximum atomic E-state index is 12.9. The van der Waals surface area contributed by atoms with Gasteiger partial charge in [0, 0.05) is 19.7 Å². The van der Waals surface area contributed by atoms with Gasteiger partial charge in [-0.2, -0.15) is 5.10 Å². The van der Waals surface area contributed by atoms with E-state index in [9.17, 15) is 9.18 Å². The van der Waals surface area contributed by atoms with Crippen LogP contribution in [0.25, 0.3) is 0 Å². The van der Waals surface area contributed by atoms with Crippen molar-refractivity contribution in [2.45, 2.75) is 13.2 Å². The summed E-state index contributed by atoms with van der Waals surface area (Å²) >= 11 is 6.10. The first-order valence-electron chi connectivity index (χ1n) is 8.33. The quantitative estimate of drug-likeness (QED) is 0.640. The van der Waals surface area contributed by atoms with Gasteiger partial charge in [-0.05, 0) is 42.0 Å². The highest BCUT2D eigenvalue weighted by atomic mass is 35.5. The number of nitrogens with zero attached hydrogens (tertiary/aromatic N) is 3. The summed E-state index contributed by atoms with van der Waals surface area (Å²) in [5.74, 6) is 0.171. The molecular formula is C20H19ClFN3O2. The summed E-state index contributed by atoms with van der Waals surface area (Å²) in [4.78, 5) is 14.2. The lowest BCUT2D eigenvalue weighted by molar-refractivity contribution is 0.0782. The fourth-order valence-electron chi connectivity index (χ4n) is 2.57. The average Bonchev–Trinajstić information content (AvgIpc) is 2.99. The number of halogens is 2. The number of ether oxygens (including phenoxy) is 1. The van der Waals surface area contributed by atoms with Crippen molar-refractivity contribution in [1.29, 1.82) is 0 Å². The number of hydrogen-bond acceptors (Lipinski definition) is 3. The van der Waals surface area contributed by atoms with Gasteiger partial charge in [0.15, 0.2) is 0 Å². The highest BCUT2D eigenvalue weighted by Gasteiger charge is 2.15. The van der Waals surface area contributed by atoms with E-state index in [-0.39, 0.29) is 11.7 Å². The van der Waals surface area contributed by atoms with Crippen LogP contribution in [0.3, 0.4) is 0 Å². The summed E-state index contributed by atoms with van der Waals surface area (Å²) < 4.78 is 20.2. The Balaban J connectivity index is 1.60. The monoisotopic (exact) mass is 387 g/mol. The SMILES string of the molecule is CN(Cc1c(Cl)cnn1C)C(=O)c1ccc(COc2ccc(F)cc2)cc1. The van der Waals surface area contributed by atoms with Gasteiger partial charge in [-0.25, -0.2) is 4.39 Å². The second-order valence-corrected chi connectivity index (χ2v) is 6.57. The minimum Gasteiger partial charge on any atom is -0.489 e. The molecular weight excluding hydrogens is 369 g/mol. The first-order chi connectivity index (χ1) is 12.9. The fraction of sp³-hybridized carbons (Fsp3) is 0.200. The smallest absolute Gasteiger partial charge is 0.253 e. The number of rotatable bonds is 6. The molecule has 0 saturated carbocycles. The minimum atomic E-state index is -0.304. The van der Waals surface area contributed by atoms with Crippen molar-refractivity contribution in [1.82, 2.24) is 14.7 Å².